The third kappa shape index (κ3) is 17.7. The highest BCUT2D eigenvalue weighted by atomic mass is 79.9. The minimum absolute atomic E-state index is 0.328. The van der Waals surface area contributed by atoms with Crippen molar-refractivity contribution in [3.63, 3.8) is 0 Å². The fraction of sp³-hybridized carbons (Fsp3) is 0.812. The highest BCUT2D eigenvalue weighted by Crippen LogP contribution is 2.09. The van der Waals surface area contributed by atoms with Crippen LogP contribution in [0.4, 0.5) is 0 Å². The molecule has 0 saturated heterocycles. The van der Waals surface area contributed by atoms with E-state index in [4.69, 9.17) is 5.11 Å². The first-order chi connectivity index (χ1) is 9.27. The summed E-state index contributed by atoms with van der Waals surface area (Å²) in [5, 5.41) is 9.63. The standard InChI is InChI=1S/C16H29BrO2/c17-15-13-11-9-7-5-3-1-2-4-6-8-10-12-14-16(18)19/h1,3H,2,4-15H2,(H,18,19)/b3-1-. The Morgan fingerprint density at radius 1 is 0.789 bits per heavy atom. The molecular weight excluding hydrogens is 304 g/mol. The number of carbonyl (C=O) groups is 1. The first kappa shape index (κ1) is 18.7. The predicted octanol–water partition coefficient (Wildman–Crippen LogP) is 5.70. The third-order valence-electron chi connectivity index (χ3n) is 3.18. The van der Waals surface area contributed by atoms with E-state index in [1.807, 2.05) is 0 Å². The van der Waals surface area contributed by atoms with Gasteiger partial charge in [-0.15, -0.1) is 0 Å². The number of hydrogen-bond donors (Lipinski definition) is 1. The second kappa shape index (κ2) is 15.7. The van der Waals surface area contributed by atoms with Gasteiger partial charge in [0.1, 0.15) is 0 Å². The van der Waals surface area contributed by atoms with Gasteiger partial charge >= 0.3 is 5.97 Å². The van der Waals surface area contributed by atoms with Crippen molar-refractivity contribution in [2.75, 3.05) is 5.33 Å². The van der Waals surface area contributed by atoms with Gasteiger partial charge in [-0.25, -0.2) is 0 Å². The number of rotatable bonds is 14. The lowest BCUT2D eigenvalue weighted by Gasteiger charge is -1.98. The molecule has 0 amide bonds. The maximum absolute atomic E-state index is 10.3. The van der Waals surface area contributed by atoms with Gasteiger partial charge in [-0.3, -0.25) is 4.79 Å². The maximum Gasteiger partial charge on any atom is 0.303 e. The van der Waals surface area contributed by atoms with Crippen molar-refractivity contribution in [1.29, 1.82) is 0 Å². The molecule has 0 aliphatic heterocycles. The Kier molecular flexibility index (Phi) is 15.5. The SMILES string of the molecule is O=C(O)CCCCCCC/C=C\CCCCCCBr. The van der Waals surface area contributed by atoms with E-state index in [2.05, 4.69) is 28.1 Å². The van der Waals surface area contributed by atoms with Crippen LogP contribution in [0.2, 0.25) is 0 Å². The molecule has 0 aromatic heterocycles. The van der Waals surface area contributed by atoms with Crippen molar-refractivity contribution >= 4 is 21.9 Å². The summed E-state index contributed by atoms with van der Waals surface area (Å²) in [6.45, 7) is 0. The number of hydrogen-bond acceptors (Lipinski definition) is 1. The van der Waals surface area contributed by atoms with Gasteiger partial charge in [0.2, 0.25) is 0 Å². The molecule has 2 nitrogen and oxygen atoms in total. The Balaban J connectivity index is 3.06. The number of carboxylic acids is 1. The summed E-state index contributed by atoms with van der Waals surface area (Å²) in [6.07, 6.45) is 18.2. The molecule has 0 fully saturated rings. The Bertz CT molecular complexity index is 227. The van der Waals surface area contributed by atoms with Crippen LogP contribution in [0.15, 0.2) is 12.2 Å². The second-order valence-electron chi connectivity index (χ2n) is 5.06. The van der Waals surface area contributed by atoms with Crippen LogP contribution in [0, 0.1) is 0 Å². The van der Waals surface area contributed by atoms with Crippen molar-refractivity contribution < 1.29 is 9.90 Å². The molecule has 0 atom stereocenters. The largest absolute Gasteiger partial charge is 0.481 e. The van der Waals surface area contributed by atoms with Crippen molar-refractivity contribution in [3.05, 3.63) is 12.2 Å². The van der Waals surface area contributed by atoms with Crippen LogP contribution in [-0.2, 0) is 4.79 Å². The van der Waals surface area contributed by atoms with E-state index in [1.54, 1.807) is 0 Å². The molecule has 0 heterocycles. The monoisotopic (exact) mass is 332 g/mol. The molecule has 0 spiro atoms. The van der Waals surface area contributed by atoms with Gasteiger partial charge in [-0.05, 0) is 38.5 Å². The molecule has 0 aromatic rings. The molecule has 0 unspecified atom stereocenters. The number of halogens is 1. The Labute approximate surface area is 126 Å². The third-order valence-corrected chi connectivity index (χ3v) is 3.74. The van der Waals surface area contributed by atoms with Gasteiger partial charge in [-0.1, -0.05) is 60.2 Å². The number of unbranched alkanes of at least 4 members (excludes halogenated alkanes) is 9. The second-order valence-corrected chi connectivity index (χ2v) is 5.86. The highest BCUT2D eigenvalue weighted by Gasteiger charge is 1.95. The van der Waals surface area contributed by atoms with Gasteiger partial charge in [0.25, 0.3) is 0 Å². The van der Waals surface area contributed by atoms with E-state index in [0.717, 1.165) is 18.2 Å². The fourth-order valence-corrected chi connectivity index (χ4v) is 2.41. The van der Waals surface area contributed by atoms with E-state index in [1.165, 1.54) is 57.8 Å². The summed E-state index contributed by atoms with van der Waals surface area (Å²) < 4.78 is 0. The summed E-state index contributed by atoms with van der Waals surface area (Å²) in [5.74, 6) is -0.668. The smallest absolute Gasteiger partial charge is 0.303 e. The summed E-state index contributed by atoms with van der Waals surface area (Å²) in [5.41, 5.74) is 0. The van der Waals surface area contributed by atoms with Crippen molar-refractivity contribution in [2.24, 2.45) is 0 Å². The van der Waals surface area contributed by atoms with Crippen LogP contribution < -0.4 is 0 Å². The topological polar surface area (TPSA) is 37.3 Å². The van der Waals surface area contributed by atoms with Crippen LogP contribution in [0.1, 0.15) is 77.0 Å². The number of alkyl halides is 1. The fourth-order valence-electron chi connectivity index (χ4n) is 2.01. The minimum atomic E-state index is -0.668. The Morgan fingerprint density at radius 2 is 1.26 bits per heavy atom. The van der Waals surface area contributed by atoms with E-state index in [-0.39, 0.29) is 0 Å². The Morgan fingerprint density at radius 3 is 1.79 bits per heavy atom. The van der Waals surface area contributed by atoms with Gasteiger partial charge in [-0.2, -0.15) is 0 Å². The maximum atomic E-state index is 10.3. The lowest BCUT2D eigenvalue weighted by atomic mass is 10.1. The minimum Gasteiger partial charge on any atom is -0.481 e. The van der Waals surface area contributed by atoms with Crippen LogP contribution >= 0.6 is 15.9 Å². The predicted molar refractivity (Wildman–Crippen MR) is 86.0 cm³/mol. The van der Waals surface area contributed by atoms with E-state index < -0.39 is 5.97 Å². The van der Waals surface area contributed by atoms with E-state index in [9.17, 15) is 4.79 Å². The molecule has 0 rings (SSSR count). The molecule has 0 aromatic carbocycles. The van der Waals surface area contributed by atoms with Crippen molar-refractivity contribution in [3.8, 4) is 0 Å². The molecule has 19 heavy (non-hydrogen) atoms. The summed E-state index contributed by atoms with van der Waals surface area (Å²) in [7, 11) is 0. The number of aliphatic carboxylic acids is 1. The average molecular weight is 333 g/mol. The van der Waals surface area contributed by atoms with Crippen LogP contribution in [0.5, 0.6) is 0 Å². The zero-order chi connectivity index (χ0) is 14.2. The summed E-state index contributed by atoms with van der Waals surface area (Å²) >= 11 is 3.45. The molecular formula is C16H29BrO2. The first-order valence-corrected chi connectivity index (χ1v) is 8.82. The quantitative estimate of drug-likeness (QED) is 0.251. The molecule has 0 bridgehead atoms. The molecule has 0 saturated carbocycles. The van der Waals surface area contributed by atoms with Crippen molar-refractivity contribution in [1.82, 2.24) is 0 Å². The molecule has 0 aliphatic rings. The zero-order valence-electron chi connectivity index (χ0n) is 12.1. The molecule has 3 heteroatoms. The molecule has 0 radical (unpaired) electrons. The lowest BCUT2D eigenvalue weighted by molar-refractivity contribution is -0.137. The average Bonchev–Trinajstić information content (AvgIpc) is 2.39. The van der Waals surface area contributed by atoms with Crippen LogP contribution in [-0.4, -0.2) is 16.4 Å². The zero-order valence-corrected chi connectivity index (χ0v) is 13.7. The number of carboxylic acid groups (broad SMARTS) is 1. The van der Waals surface area contributed by atoms with Gasteiger partial charge < -0.3 is 5.11 Å². The van der Waals surface area contributed by atoms with Crippen LogP contribution in [0.25, 0.3) is 0 Å². The number of allylic oxidation sites excluding steroid dienone is 2. The molecule has 1 N–H and O–H groups in total. The first-order valence-electron chi connectivity index (χ1n) is 7.70. The van der Waals surface area contributed by atoms with Gasteiger partial charge in [0, 0.05) is 11.8 Å². The summed E-state index contributed by atoms with van der Waals surface area (Å²) in [6, 6.07) is 0. The van der Waals surface area contributed by atoms with E-state index in [0.29, 0.717) is 6.42 Å². The van der Waals surface area contributed by atoms with Crippen LogP contribution in [0.3, 0.4) is 0 Å². The van der Waals surface area contributed by atoms with E-state index >= 15 is 0 Å². The molecule has 112 valence electrons. The molecule has 0 aliphatic carbocycles. The van der Waals surface area contributed by atoms with Crippen molar-refractivity contribution in [2.45, 2.75) is 77.0 Å². The Hall–Kier alpha value is -0.310. The van der Waals surface area contributed by atoms with Gasteiger partial charge in [0.05, 0.1) is 0 Å². The summed E-state index contributed by atoms with van der Waals surface area (Å²) in [4.78, 5) is 10.3. The highest BCUT2D eigenvalue weighted by molar-refractivity contribution is 9.09. The normalized spacial score (nSPS) is 11.2. The van der Waals surface area contributed by atoms with Gasteiger partial charge in [0.15, 0.2) is 0 Å². The lowest BCUT2D eigenvalue weighted by Crippen LogP contribution is -1.93.